The van der Waals surface area contributed by atoms with Crippen molar-refractivity contribution < 1.29 is 8.42 Å². The van der Waals surface area contributed by atoms with E-state index in [1.54, 1.807) is 18.5 Å². The van der Waals surface area contributed by atoms with E-state index >= 15 is 0 Å². The minimum Gasteiger partial charge on any atom is -0.264 e. The molecule has 2 rings (SSSR count). The number of hydrogen-bond donors (Lipinski definition) is 0. The summed E-state index contributed by atoms with van der Waals surface area (Å²) < 4.78 is 24.8. The fourth-order valence-electron chi connectivity index (χ4n) is 2.37. The van der Waals surface area contributed by atoms with Crippen molar-refractivity contribution >= 4 is 19.7 Å². The van der Waals surface area contributed by atoms with Crippen LogP contribution in [-0.4, -0.2) is 18.2 Å². The van der Waals surface area contributed by atoms with Crippen molar-refractivity contribution in [3.8, 4) is 0 Å². The lowest BCUT2D eigenvalue weighted by molar-refractivity contribution is 0.607. The van der Waals surface area contributed by atoms with Gasteiger partial charge in [-0.05, 0) is 30.9 Å². The largest absolute Gasteiger partial charge is 0.264 e. The summed E-state index contributed by atoms with van der Waals surface area (Å²) in [6, 6.07) is 8.26. The Morgan fingerprint density at radius 2 is 1.76 bits per heavy atom. The first-order chi connectivity index (χ1) is 9.70. The zero-order chi connectivity index (χ0) is 15.8. The zero-order valence-electron chi connectivity index (χ0n) is 12.6. The summed E-state index contributed by atoms with van der Waals surface area (Å²) in [7, 11) is 1.70. The van der Waals surface area contributed by atoms with Crippen molar-refractivity contribution in [3.05, 3.63) is 46.8 Å². The number of hydrogen-bond acceptors (Lipinski definition) is 3. The van der Waals surface area contributed by atoms with Crippen molar-refractivity contribution in [2.45, 2.75) is 45.1 Å². The quantitative estimate of drug-likeness (QED) is 0.807. The van der Waals surface area contributed by atoms with Gasteiger partial charge in [0.1, 0.15) is 4.90 Å². The number of aryl methyl sites for hydroxylation is 1. The molecule has 1 heterocycles. The van der Waals surface area contributed by atoms with E-state index in [0.717, 1.165) is 5.56 Å². The molecule has 0 saturated heterocycles. The fourth-order valence-corrected chi connectivity index (χ4v) is 3.89. The SMILES string of the molecule is Cc1nn(Cc2ccc(C(C)C)cc2)c(C)c1S(=O)(=O)Cl. The van der Waals surface area contributed by atoms with Gasteiger partial charge in [0, 0.05) is 10.7 Å². The summed E-state index contributed by atoms with van der Waals surface area (Å²) in [5.41, 5.74) is 3.34. The molecule has 0 bridgehead atoms. The summed E-state index contributed by atoms with van der Waals surface area (Å²) in [6.45, 7) is 8.19. The average Bonchev–Trinajstić information content (AvgIpc) is 2.64. The third-order valence-electron chi connectivity index (χ3n) is 3.54. The smallest absolute Gasteiger partial charge is 0.264 e. The molecule has 0 radical (unpaired) electrons. The van der Waals surface area contributed by atoms with E-state index in [0.29, 0.717) is 23.9 Å². The highest BCUT2D eigenvalue weighted by Crippen LogP contribution is 2.24. The van der Waals surface area contributed by atoms with Crippen LogP contribution in [0.4, 0.5) is 0 Å². The highest BCUT2D eigenvalue weighted by molar-refractivity contribution is 8.13. The van der Waals surface area contributed by atoms with Gasteiger partial charge in [0.05, 0.1) is 17.9 Å². The minimum atomic E-state index is -3.76. The van der Waals surface area contributed by atoms with Crippen molar-refractivity contribution in [2.24, 2.45) is 0 Å². The zero-order valence-corrected chi connectivity index (χ0v) is 14.2. The van der Waals surface area contributed by atoms with Crippen LogP contribution >= 0.6 is 10.7 Å². The molecule has 21 heavy (non-hydrogen) atoms. The number of halogens is 1. The summed E-state index contributed by atoms with van der Waals surface area (Å²) >= 11 is 0. The van der Waals surface area contributed by atoms with Gasteiger partial charge in [-0.3, -0.25) is 4.68 Å². The molecule has 4 nitrogen and oxygen atoms in total. The molecular formula is C15H19ClN2O2S. The number of rotatable bonds is 4. The Balaban J connectivity index is 2.33. The van der Waals surface area contributed by atoms with Crippen molar-refractivity contribution in [1.82, 2.24) is 9.78 Å². The maximum atomic E-state index is 11.6. The standard InChI is InChI=1S/C15H19ClN2O2S/c1-10(2)14-7-5-13(6-8-14)9-18-12(4)15(11(3)17-18)21(16,19)20/h5-8,10H,9H2,1-4H3. The molecule has 0 aliphatic rings. The summed E-state index contributed by atoms with van der Waals surface area (Å²) in [4.78, 5) is 0.114. The predicted octanol–water partition coefficient (Wildman–Crippen LogP) is 3.60. The molecule has 0 atom stereocenters. The first-order valence-electron chi connectivity index (χ1n) is 6.77. The second kappa shape index (κ2) is 5.81. The van der Waals surface area contributed by atoms with E-state index in [1.807, 2.05) is 12.1 Å². The van der Waals surface area contributed by atoms with Crippen LogP contribution in [-0.2, 0) is 15.6 Å². The molecule has 0 aliphatic heterocycles. The molecular weight excluding hydrogens is 308 g/mol. The lowest BCUT2D eigenvalue weighted by Crippen LogP contribution is -2.05. The highest BCUT2D eigenvalue weighted by Gasteiger charge is 2.22. The van der Waals surface area contributed by atoms with Gasteiger partial charge in [-0.15, -0.1) is 0 Å². The average molecular weight is 327 g/mol. The van der Waals surface area contributed by atoms with Crippen LogP contribution in [0.1, 0.15) is 42.3 Å². The van der Waals surface area contributed by atoms with Gasteiger partial charge in [0.25, 0.3) is 9.05 Å². The highest BCUT2D eigenvalue weighted by atomic mass is 35.7. The van der Waals surface area contributed by atoms with Crippen molar-refractivity contribution in [1.29, 1.82) is 0 Å². The topological polar surface area (TPSA) is 52.0 Å². The Labute approximate surface area is 130 Å². The van der Waals surface area contributed by atoms with Crippen LogP contribution < -0.4 is 0 Å². The Morgan fingerprint density at radius 3 is 2.19 bits per heavy atom. The predicted molar refractivity (Wildman–Crippen MR) is 84.4 cm³/mol. The molecule has 0 saturated carbocycles. The summed E-state index contributed by atoms with van der Waals surface area (Å²) in [5, 5.41) is 4.28. The van der Waals surface area contributed by atoms with Crippen LogP contribution in [0.3, 0.4) is 0 Å². The van der Waals surface area contributed by atoms with E-state index in [9.17, 15) is 8.42 Å². The van der Waals surface area contributed by atoms with Gasteiger partial charge in [0.2, 0.25) is 0 Å². The molecule has 0 spiro atoms. The van der Waals surface area contributed by atoms with Gasteiger partial charge in [-0.2, -0.15) is 5.10 Å². The molecule has 0 amide bonds. The van der Waals surface area contributed by atoms with Crippen LogP contribution in [0.25, 0.3) is 0 Å². The lowest BCUT2D eigenvalue weighted by atomic mass is 10.0. The third kappa shape index (κ3) is 3.47. The first kappa shape index (κ1) is 16.0. The number of benzene rings is 1. The van der Waals surface area contributed by atoms with Gasteiger partial charge in [-0.1, -0.05) is 38.1 Å². The van der Waals surface area contributed by atoms with E-state index in [2.05, 4.69) is 31.1 Å². The van der Waals surface area contributed by atoms with Gasteiger partial charge in [0.15, 0.2) is 0 Å². The second-order valence-corrected chi connectivity index (χ2v) is 7.99. The Hall–Kier alpha value is -1.33. The first-order valence-corrected chi connectivity index (χ1v) is 9.08. The normalized spacial score (nSPS) is 12.1. The molecule has 1 aromatic carbocycles. The van der Waals surface area contributed by atoms with Crippen LogP contribution in [0, 0.1) is 13.8 Å². The molecule has 1 aromatic heterocycles. The Kier molecular flexibility index (Phi) is 4.44. The fraction of sp³-hybridized carbons (Fsp3) is 0.400. The van der Waals surface area contributed by atoms with E-state index in [4.69, 9.17) is 10.7 Å². The monoisotopic (exact) mass is 326 g/mol. The molecule has 0 N–H and O–H groups in total. The van der Waals surface area contributed by atoms with Crippen LogP contribution in [0.15, 0.2) is 29.2 Å². The van der Waals surface area contributed by atoms with Crippen LogP contribution in [0.5, 0.6) is 0 Å². The Morgan fingerprint density at radius 1 is 1.19 bits per heavy atom. The van der Waals surface area contributed by atoms with Crippen LogP contribution in [0.2, 0.25) is 0 Å². The molecule has 6 heteroatoms. The summed E-state index contributed by atoms with van der Waals surface area (Å²) in [6.07, 6.45) is 0. The van der Waals surface area contributed by atoms with E-state index in [1.165, 1.54) is 5.56 Å². The van der Waals surface area contributed by atoms with Gasteiger partial charge >= 0.3 is 0 Å². The van der Waals surface area contributed by atoms with Crippen molar-refractivity contribution in [3.63, 3.8) is 0 Å². The molecule has 0 fully saturated rings. The number of aromatic nitrogens is 2. The minimum absolute atomic E-state index is 0.114. The van der Waals surface area contributed by atoms with E-state index < -0.39 is 9.05 Å². The third-order valence-corrected chi connectivity index (χ3v) is 5.08. The molecule has 114 valence electrons. The summed E-state index contributed by atoms with van der Waals surface area (Å²) in [5.74, 6) is 0.487. The molecule has 0 unspecified atom stereocenters. The molecule has 2 aromatic rings. The number of nitrogens with zero attached hydrogens (tertiary/aromatic N) is 2. The lowest BCUT2D eigenvalue weighted by Gasteiger charge is -2.08. The maximum absolute atomic E-state index is 11.6. The second-order valence-electron chi connectivity index (χ2n) is 5.49. The molecule has 0 aliphatic carbocycles. The Bertz CT molecular complexity index is 747. The maximum Gasteiger partial charge on any atom is 0.264 e. The van der Waals surface area contributed by atoms with Gasteiger partial charge in [-0.25, -0.2) is 8.42 Å². The van der Waals surface area contributed by atoms with E-state index in [-0.39, 0.29) is 4.90 Å². The van der Waals surface area contributed by atoms with Crippen molar-refractivity contribution in [2.75, 3.05) is 0 Å². The van der Waals surface area contributed by atoms with Gasteiger partial charge < -0.3 is 0 Å².